The second-order valence-corrected chi connectivity index (χ2v) is 10.4. The zero-order chi connectivity index (χ0) is 28.7. The van der Waals surface area contributed by atoms with Gasteiger partial charge in [-0.25, -0.2) is 0 Å². The van der Waals surface area contributed by atoms with E-state index in [4.69, 9.17) is 0 Å². The minimum absolute atomic E-state index is 0.0158. The van der Waals surface area contributed by atoms with Crippen LogP contribution in [0.5, 0.6) is 0 Å². The molecule has 4 amide bonds. The molecule has 216 valence electrons. The zero-order valence-electron chi connectivity index (χ0n) is 24.4. The van der Waals surface area contributed by atoms with Gasteiger partial charge >= 0.3 is 0 Å². The molecular weight excluding hydrogens is 486 g/mol. The Morgan fingerprint density at radius 2 is 1.58 bits per heavy atom. The summed E-state index contributed by atoms with van der Waals surface area (Å²) in [4.78, 5) is 50.5. The maximum absolute atomic E-state index is 12.7. The average Bonchev–Trinajstić information content (AvgIpc) is 3.31. The lowest BCUT2D eigenvalue weighted by Gasteiger charge is -2.28. The van der Waals surface area contributed by atoms with Crippen LogP contribution < -0.4 is 16.0 Å². The number of nitrogens with zero attached hydrogens (tertiary/aromatic N) is 4. The van der Waals surface area contributed by atoms with Crippen molar-refractivity contribution in [3.8, 4) is 0 Å². The SMILES string of the molecule is CCN(CC)C(=O)[C@@H](NC(=O)CCCCn1cc(CCCCNC(=O)[C@@H](NC(C)=O)C(C)C)nn1)C(C)C. The van der Waals surface area contributed by atoms with Gasteiger partial charge in [-0.15, -0.1) is 5.10 Å². The highest BCUT2D eigenvalue weighted by Gasteiger charge is 2.27. The standard InChI is InChI=1S/C27H49N7O4/c1-8-33(9-2)27(38)25(20(5)6)30-23(36)15-11-13-17-34-18-22(31-32-34)14-10-12-16-28-26(37)24(19(3)4)29-21(7)35/h18-20,24-25H,8-17H2,1-7H3,(H,28,37)(H,29,35)(H,30,36)/t24-,25-/m0/s1. The Morgan fingerprint density at radius 3 is 2.16 bits per heavy atom. The molecule has 1 rings (SSSR count). The van der Waals surface area contributed by atoms with Gasteiger partial charge in [-0.05, 0) is 57.8 Å². The molecule has 0 bridgehead atoms. The molecule has 1 aromatic heterocycles. The molecule has 0 saturated carbocycles. The molecule has 0 saturated heterocycles. The van der Waals surface area contributed by atoms with Crippen LogP contribution in [-0.2, 0) is 32.1 Å². The maximum atomic E-state index is 12.7. The average molecular weight is 536 g/mol. The second kappa shape index (κ2) is 17.5. The normalized spacial score (nSPS) is 12.8. The van der Waals surface area contributed by atoms with Crippen LogP contribution in [0.25, 0.3) is 0 Å². The van der Waals surface area contributed by atoms with E-state index in [-0.39, 0.29) is 35.5 Å². The monoisotopic (exact) mass is 535 g/mol. The van der Waals surface area contributed by atoms with Crippen molar-refractivity contribution < 1.29 is 19.2 Å². The van der Waals surface area contributed by atoms with Crippen molar-refractivity contribution in [2.45, 2.75) is 106 Å². The van der Waals surface area contributed by atoms with Crippen LogP contribution in [0.3, 0.4) is 0 Å². The summed E-state index contributed by atoms with van der Waals surface area (Å²) >= 11 is 0. The van der Waals surface area contributed by atoms with E-state index in [9.17, 15) is 19.2 Å². The van der Waals surface area contributed by atoms with Crippen molar-refractivity contribution >= 4 is 23.6 Å². The second-order valence-electron chi connectivity index (χ2n) is 10.4. The van der Waals surface area contributed by atoms with E-state index in [0.717, 1.165) is 31.4 Å². The summed E-state index contributed by atoms with van der Waals surface area (Å²) in [5.41, 5.74) is 0.891. The number of nitrogens with one attached hydrogen (secondary N) is 3. The van der Waals surface area contributed by atoms with Gasteiger partial charge in [-0.3, -0.25) is 23.9 Å². The summed E-state index contributed by atoms with van der Waals surface area (Å²) in [6, 6.07) is -1.02. The van der Waals surface area contributed by atoms with Crippen molar-refractivity contribution in [2.24, 2.45) is 11.8 Å². The van der Waals surface area contributed by atoms with Crippen LogP contribution in [0, 0.1) is 11.8 Å². The van der Waals surface area contributed by atoms with Crippen LogP contribution in [0.2, 0.25) is 0 Å². The van der Waals surface area contributed by atoms with Gasteiger partial charge < -0.3 is 20.9 Å². The van der Waals surface area contributed by atoms with Gasteiger partial charge in [0.15, 0.2) is 0 Å². The molecule has 0 aliphatic carbocycles. The van der Waals surface area contributed by atoms with Crippen molar-refractivity contribution in [3.63, 3.8) is 0 Å². The van der Waals surface area contributed by atoms with E-state index < -0.39 is 12.1 Å². The Hall–Kier alpha value is -2.98. The molecule has 3 N–H and O–H groups in total. The number of carbonyl (C=O) groups is 4. The lowest BCUT2D eigenvalue weighted by molar-refractivity contribution is -0.137. The molecule has 0 spiro atoms. The first-order chi connectivity index (χ1) is 18.0. The fraction of sp³-hybridized carbons (Fsp3) is 0.778. The Morgan fingerprint density at radius 1 is 0.921 bits per heavy atom. The third-order valence-electron chi connectivity index (χ3n) is 6.42. The van der Waals surface area contributed by atoms with E-state index in [0.29, 0.717) is 39.0 Å². The summed E-state index contributed by atoms with van der Waals surface area (Å²) in [7, 11) is 0. The largest absolute Gasteiger partial charge is 0.354 e. The number of likely N-dealkylation sites (N-methyl/N-ethyl adjacent to an activating group) is 1. The van der Waals surface area contributed by atoms with Gasteiger partial charge in [-0.2, -0.15) is 0 Å². The summed E-state index contributed by atoms with van der Waals surface area (Å²) in [5.74, 6) is -0.468. The third kappa shape index (κ3) is 12.0. The number of rotatable bonds is 18. The molecule has 11 nitrogen and oxygen atoms in total. The minimum Gasteiger partial charge on any atom is -0.354 e. The van der Waals surface area contributed by atoms with Crippen LogP contribution in [0.15, 0.2) is 6.20 Å². The zero-order valence-corrected chi connectivity index (χ0v) is 24.4. The molecule has 0 fully saturated rings. The van der Waals surface area contributed by atoms with E-state index in [1.165, 1.54) is 6.92 Å². The fourth-order valence-corrected chi connectivity index (χ4v) is 4.12. The molecule has 0 aliphatic heterocycles. The molecule has 11 heteroatoms. The third-order valence-corrected chi connectivity index (χ3v) is 6.42. The molecule has 0 aliphatic rings. The van der Waals surface area contributed by atoms with Crippen LogP contribution >= 0.6 is 0 Å². The number of unbranched alkanes of at least 4 members (excludes halogenated alkanes) is 2. The fourth-order valence-electron chi connectivity index (χ4n) is 4.12. The molecule has 0 unspecified atom stereocenters. The lowest BCUT2D eigenvalue weighted by Crippen LogP contribution is -2.51. The highest BCUT2D eigenvalue weighted by molar-refractivity contribution is 5.88. The first kappa shape index (κ1) is 33.0. The van der Waals surface area contributed by atoms with Gasteiger partial charge in [0.05, 0.1) is 5.69 Å². The minimum atomic E-state index is -0.523. The number of aromatic nitrogens is 3. The highest BCUT2D eigenvalue weighted by atomic mass is 16.2. The number of hydrogen-bond acceptors (Lipinski definition) is 6. The lowest BCUT2D eigenvalue weighted by atomic mass is 10.0. The number of aryl methyl sites for hydroxylation is 2. The van der Waals surface area contributed by atoms with Crippen LogP contribution in [-0.4, -0.2) is 75.2 Å². The van der Waals surface area contributed by atoms with E-state index in [1.54, 1.807) is 9.58 Å². The predicted octanol–water partition coefficient (Wildman–Crippen LogP) is 2.06. The molecule has 38 heavy (non-hydrogen) atoms. The van der Waals surface area contributed by atoms with Gasteiger partial charge in [0.1, 0.15) is 12.1 Å². The molecule has 1 aromatic rings. The molecule has 1 heterocycles. The topological polar surface area (TPSA) is 138 Å². The Labute approximate surface area is 227 Å². The summed E-state index contributed by atoms with van der Waals surface area (Å²) in [6.45, 7) is 15.4. The summed E-state index contributed by atoms with van der Waals surface area (Å²) < 4.78 is 1.79. The van der Waals surface area contributed by atoms with E-state index in [1.807, 2.05) is 47.7 Å². The number of carbonyl (C=O) groups excluding carboxylic acids is 4. The molecular formula is C27H49N7O4. The first-order valence-electron chi connectivity index (χ1n) is 14.0. The summed E-state index contributed by atoms with van der Waals surface area (Å²) in [5, 5.41) is 16.9. The van der Waals surface area contributed by atoms with Crippen LogP contribution in [0.4, 0.5) is 0 Å². The highest BCUT2D eigenvalue weighted by Crippen LogP contribution is 2.09. The Balaban J connectivity index is 2.31. The molecule has 2 atom stereocenters. The van der Waals surface area contributed by atoms with E-state index >= 15 is 0 Å². The smallest absolute Gasteiger partial charge is 0.245 e. The maximum Gasteiger partial charge on any atom is 0.245 e. The molecule has 0 radical (unpaired) electrons. The van der Waals surface area contributed by atoms with Gasteiger partial charge in [-0.1, -0.05) is 32.9 Å². The Bertz CT molecular complexity index is 881. The van der Waals surface area contributed by atoms with Gasteiger partial charge in [0.25, 0.3) is 0 Å². The Kier molecular flexibility index (Phi) is 15.2. The van der Waals surface area contributed by atoms with Crippen LogP contribution in [0.1, 0.15) is 86.3 Å². The van der Waals surface area contributed by atoms with Crippen molar-refractivity contribution in [1.82, 2.24) is 35.8 Å². The van der Waals surface area contributed by atoms with Gasteiger partial charge in [0, 0.05) is 45.7 Å². The van der Waals surface area contributed by atoms with Gasteiger partial charge in [0.2, 0.25) is 23.6 Å². The van der Waals surface area contributed by atoms with Crippen molar-refractivity contribution in [1.29, 1.82) is 0 Å². The first-order valence-corrected chi connectivity index (χ1v) is 14.0. The summed E-state index contributed by atoms with van der Waals surface area (Å²) in [6.07, 6.45) is 6.17. The number of amides is 4. The van der Waals surface area contributed by atoms with E-state index in [2.05, 4.69) is 26.3 Å². The predicted molar refractivity (Wildman–Crippen MR) is 147 cm³/mol. The molecule has 0 aromatic carbocycles. The van der Waals surface area contributed by atoms with Crippen molar-refractivity contribution in [3.05, 3.63) is 11.9 Å². The quantitative estimate of drug-likeness (QED) is 0.246. The van der Waals surface area contributed by atoms with Crippen molar-refractivity contribution in [2.75, 3.05) is 19.6 Å². The number of hydrogen-bond donors (Lipinski definition) is 3.